The third kappa shape index (κ3) is 2.88. The first-order valence-electron chi connectivity index (χ1n) is 7.67. The van der Waals surface area contributed by atoms with Crippen molar-refractivity contribution in [3.63, 3.8) is 0 Å². The zero-order valence-electron chi connectivity index (χ0n) is 13.6. The Hall–Kier alpha value is -2.44. The van der Waals surface area contributed by atoms with Crippen LogP contribution in [0.1, 0.15) is 17.0 Å². The van der Waals surface area contributed by atoms with Gasteiger partial charge in [0.05, 0.1) is 23.8 Å². The molecule has 0 unspecified atom stereocenters. The molecule has 0 atom stereocenters. The molecule has 0 bridgehead atoms. The largest absolute Gasteiger partial charge is 0.243 e. The van der Waals surface area contributed by atoms with Gasteiger partial charge in [0.25, 0.3) is 0 Å². The molecule has 126 valence electrons. The van der Waals surface area contributed by atoms with Gasteiger partial charge in [-0.05, 0) is 37.6 Å². The summed E-state index contributed by atoms with van der Waals surface area (Å²) in [6.45, 7) is 4.44. The first kappa shape index (κ1) is 16.1. The average molecular weight is 373 g/mol. The minimum absolute atomic E-state index is 0.493. The van der Waals surface area contributed by atoms with E-state index in [2.05, 4.69) is 20.2 Å². The highest BCUT2D eigenvalue weighted by Crippen LogP contribution is 2.24. The molecule has 0 saturated heterocycles. The molecule has 1 aromatic carbocycles. The van der Waals surface area contributed by atoms with Crippen molar-refractivity contribution in [1.82, 2.24) is 29.5 Å². The maximum Gasteiger partial charge on any atom is 0.168 e. The number of hydrogen-bond acceptors (Lipinski definition) is 4. The molecule has 0 aliphatic carbocycles. The van der Waals surface area contributed by atoms with Crippen molar-refractivity contribution in [3.05, 3.63) is 63.8 Å². The normalized spacial score (nSPS) is 11.4. The van der Waals surface area contributed by atoms with Crippen molar-refractivity contribution in [3.8, 4) is 5.82 Å². The summed E-state index contributed by atoms with van der Waals surface area (Å²) in [5, 5.41) is 11.0. The van der Waals surface area contributed by atoms with E-state index < -0.39 is 0 Å². The van der Waals surface area contributed by atoms with Crippen molar-refractivity contribution >= 4 is 34.2 Å². The number of benzene rings is 1. The lowest BCUT2D eigenvalue weighted by Crippen LogP contribution is -2.06. The highest BCUT2D eigenvalue weighted by Gasteiger charge is 2.14. The molecule has 8 heteroatoms. The molecular formula is C17H14Cl2N6. The van der Waals surface area contributed by atoms with E-state index in [1.807, 2.05) is 32.0 Å². The van der Waals surface area contributed by atoms with E-state index in [0.29, 0.717) is 22.4 Å². The first-order chi connectivity index (χ1) is 12.0. The van der Waals surface area contributed by atoms with Crippen LogP contribution in [0.3, 0.4) is 0 Å². The van der Waals surface area contributed by atoms with E-state index in [4.69, 9.17) is 23.2 Å². The van der Waals surface area contributed by atoms with Crippen LogP contribution in [0.25, 0.3) is 16.9 Å². The Morgan fingerprint density at radius 2 is 1.92 bits per heavy atom. The molecule has 0 spiro atoms. The predicted octanol–water partition coefficient (Wildman–Crippen LogP) is 3.98. The van der Waals surface area contributed by atoms with Gasteiger partial charge in [-0.3, -0.25) is 0 Å². The van der Waals surface area contributed by atoms with Gasteiger partial charge in [-0.1, -0.05) is 29.3 Å². The number of halogens is 2. The summed E-state index contributed by atoms with van der Waals surface area (Å²) in [5.41, 5.74) is 3.58. The summed E-state index contributed by atoms with van der Waals surface area (Å²) in [5.74, 6) is 0.712. The molecule has 3 aromatic heterocycles. The second-order valence-electron chi connectivity index (χ2n) is 5.81. The highest BCUT2D eigenvalue weighted by molar-refractivity contribution is 6.35. The molecule has 6 nitrogen and oxygen atoms in total. The van der Waals surface area contributed by atoms with Crippen LogP contribution < -0.4 is 0 Å². The van der Waals surface area contributed by atoms with Gasteiger partial charge in [-0.2, -0.15) is 10.2 Å². The lowest BCUT2D eigenvalue weighted by molar-refractivity contribution is 0.703. The SMILES string of the molecule is Cc1cc(C)n(-c2ncnc3c2cnn3Cc2ccc(Cl)cc2Cl)n1. The molecule has 4 rings (SSSR count). The molecule has 25 heavy (non-hydrogen) atoms. The summed E-state index contributed by atoms with van der Waals surface area (Å²) in [7, 11) is 0. The van der Waals surface area contributed by atoms with E-state index in [9.17, 15) is 0 Å². The number of fused-ring (bicyclic) bond motifs is 1. The van der Waals surface area contributed by atoms with Crippen molar-refractivity contribution in [2.75, 3.05) is 0 Å². The van der Waals surface area contributed by atoms with Crippen LogP contribution in [0.5, 0.6) is 0 Å². The second kappa shape index (κ2) is 6.13. The van der Waals surface area contributed by atoms with Gasteiger partial charge in [0, 0.05) is 15.7 Å². The Morgan fingerprint density at radius 3 is 2.64 bits per heavy atom. The van der Waals surface area contributed by atoms with Crippen LogP contribution in [0.2, 0.25) is 10.0 Å². The molecule has 0 saturated carbocycles. The fraction of sp³-hybridized carbons (Fsp3) is 0.176. The molecule has 0 fully saturated rings. The van der Waals surface area contributed by atoms with Crippen LogP contribution in [0, 0.1) is 13.8 Å². The minimum atomic E-state index is 0.493. The maximum absolute atomic E-state index is 6.28. The molecule has 0 N–H and O–H groups in total. The van der Waals surface area contributed by atoms with Gasteiger partial charge in [0.15, 0.2) is 11.5 Å². The van der Waals surface area contributed by atoms with Gasteiger partial charge in [-0.25, -0.2) is 19.3 Å². The molecule has 4 aromatic rings. The van der Waals surface area contributed by atoms with Crippen molar-refractivity contribution in [2.45, 2.75) is 20.4 Å². The quantitative estimate of drug-likeness (QED) is 0.545. The monoisotopic (exact) mass is 372 g/mol. The van der Waals surface area contributed by atoms with E-state index in [0.717, 1.165) is 28.0 Å². The van der Waals surface area contributed by atoms with Crippen LogP contribution in [-0.2, 0) is 6.54 Å². The van der Waals surface area contributed by atoms with E-state index in [1.54, 1.807) is 21.6 Å². The van der Waals surface area contributed by atoms with Crippen molar-refractivity contribution < 1.29 is 0 Å². The number of rotatable bonds is 3. The molecular weight excluding hydrogens is 359 g/mol. The van der Waals surface area contributed by atoms with E-state index in [-0.39, 0.29) is 0 Å². The number of hydrogen-bond donors (Lipinski definition) is 0. The predicted molar refractivity (Wildman–Crippen MR) is 97.5 cm³/mol. The van der Waals surface area contributed by atoms with Crippen molar-refractivity contribution in [2.24, 2.45) is 0 Å². The summed E-state index contributed by atoms with van der Waals surface area (Å²) in [6.07, 6.45) is 3.28. The first-order valence-corrected chi connectivity index (χ1v) is 8.42. The fourth-order valence-electron chi connectivity index (χ4n) is 2.82. The van der Waals surface area contributed by atoms with Gasteiger partial charge in [0.2, 0.25) is 0 Å². The van der Waals surface area contributed by atoms with E-state index >= 15 is 0 Å². The number of aromatic nitrogens is 6. The van der Waals surface area contributed by atoms with Gasteiger partial charge in [0.1, 0.15) is 6.33 Å². The Morgan fingerprint density at radius 1 is 1.08 bits per heavy atom. The summed E-state index contributed by atoms with van der Waals surface area (Å²) < 4.78 is 3.60. The summed E-state index contributed by atoms with van der Waals surface area (Å²) in [4.78, 5) is 8.78. The lowest BCUT2D eigenvalue weighted by atomic mass is 10.2. The summed E-state index contributed by atoms with van der Waals surface area (Å²) in [6, 6.07) is 7.43. The Labute approximate surface area is 154 Å². The number of aryl methyl sites for hydroxylation is 2. The third-order valence-electron chi connectivity index (χ3n) is 3.96. The standard InChI is InChI=1S/C17H14Cl2N6/c1-10-5-11(2)25(23-10)17-14-7-22-24(16(14)20-9-21-17)8-12-3-4-13(18)6-15(12)19/h3-7,9H,8H2,1-2H3. The fourth-order valence-corrected chi connectivity index (χ4v) is 3.29. The third-order valence-corrected chi connectivity index (χ3v) is 4.54. The van der Waals surface area contributed by atoms with Crippen molar-refractivity contribution in [1.29, 1.82) is 0 Å². The number of nitrogens with zero attached hydrogens (tertiary/aromatic N) is 6. The smallest absolute Gasteiger partial charge is 0.168 e. The van der Waals surface area contributed by atoms with Crippen LogP contribution in [0.15, 0.2) is 36.8 Å². The topological polar surface area (TPSA) is 61.4 Å². The Kier molecular flexibility index (Phi) is 3.94. The Balaban J connectivity index is 1.80. The molecule has 0 aliphatic rings. The van der Waals surface area contributed by atoms with Crippen LogP contribution >= 0.6 is 23.2 Å². The molecule has 0 radical (unpaired) electrons. The molecule has 0 aliphatic heterocycles. The van der Waals surface area contributed by atoms with Crippen LogP contribution in [-0.4, -0.2) is 29.5 Å². The molecule has 0 amide bonds. The summed E-state index contributed by atoms with van der Waals surface area (Å²) >= 11 is 12.2. The zero-order chi connectivity index (χ0) is 17.6. The van der Waals surface area contributed by atoms with Gasteiger partial charge in [-0.15, -0.1) is 0 Å². The second-order valence-corrected chi connectivity index (χ2v) is 6.66. The maximum atomic E-state index is 6.28. The lowest BCUT2D eigenvalue weighted by Gasteiger charge is -2.07. The Bertz CT molecular complexity index is 1080. The zero-order valence-corrected chi connectivity index (χ0v) is 15.1. The van der Waals surface area contributed by atoms with Gasteiger partial charge >= 0.3 is 0 Å². The highest BCUT2D eigenvalue weighted by atomic mass is 35.5. The minimum Gasteiger partial charge on any atom is -0.243 e. The molecule has 3 heterocycles. The average Bonchev–Trinajstić information content (AvgIpc) is 3.13. The van der Waals surface area contributed by atoms with E-state index in [1.165, 1.54) is 6.33 Å². The van der Waals surface area contributed by atoms with Crippen LogP contribution in [0.4, 0.5) is 0 Å². The van der Waals surface area contributed by atoms with Gasteiger partial charge < -0.3 is 0 Å².